The van der Waals surface area contributed by atoms with Crippen LogP contribution >= 0.6 is 11.6 Å². The molecule has 4 aromatic rings. The summed E-state index contributed by atoms with van der Waals surface area (Å²) in [6.07, 6.45) is 1.65. The lowest BCUT2D eigenvalue weighted by atomic mass is 10.1. The maximum absolute atomic E-state index is 14.6. The van der Waals surface area contributed by atoms with Crippen LogP contribution in [-0.4, -0.2) is 39.8 Å². The molecule has 1 aliphatic heterocycles. The summed E-state index contributed by atoms with van der Waals surface area (Å²) in [7, 11) is 0. The minimum absolute atomic E-state index is 0.0159. The number of hydrogen-bond donors (Lipinski definition) is 0. The molecule has 0 unspecified atom stereocenters. The number of para-hydroxylation sites is 2. The molecule has 8 heteroatoms. The molecule has 1 atom stereocenters. The molecule has 1 fully saturated rings. The van der Waals surface area contributed by atoms with Crippen LogP contribution in [0.1, 0.15) is 34.5 Å². The number of aryl methyl sites for hydroxylation is 1. The Bertz CT molecular complexity index is 1390. The van der Waals surface area contributed by atoms with Crippen LogP contribution in [0.15, 0.2) is 78.9 Å². The zero-order valence-corrected chi connectivity index (χ0v) is 21.2. The maximum atomic E-state index is 14.6. The number of carbonyl (C=O) groups is 1. The smallest absolute Gasteiger partial charge is 0.257 e. The highest BCUT2D eigenvalue weighted by molar-refractivity contribution is 6.32. The first-order valence-corrected chi connectivity index (χ1v) is 12.6. The lowest BCUT2D eigenvalue weighted by molar-refractivity contribution is 0.0502. The van der Waals surface area contributed by atoms with E-state index in [1.165, 1.54) is 12.1 Å². The Morgan fingerprint density at radius 2 is 1.84 bits per heavy atom. The number of ether oxygens (including phenoxy) is 2. The number of aromatic nitrogens is 2. The zero-order valence-electron chi connectivity index (χ0n) is 20.4. The summed E-state index contributed by atoms with van der Waals surface area (Å²) < 4.78 is 28.5. The minimum atomic E-state index is -0.561. The number of halogens is 2. The Morgan fingerprint density at radius 3 is 2.57 bits per heavy atom. The van der Waals surface area contributed by atoms with Crippen molar-refractivity contribution in [1.82, 2.24) is 14.7 Å². The zero-order chi connectivity index (χ0) is 25.8. The fourth-order valence-corrected chi connectivity index (χ4v) is 4.62. The fraction of sp³-hybridized carbons (Fsp3) is 0.241. The van der Waals surface area contributed by atoms with Gasteiger partial charge in [0.05, 0.1) is 40.2 Å². The highest BCUT2D eigenvalue weighted by Gasteiger charge is 2.29. The Morgan fingerprint density at radius 1 is 1.11 bits per heavy atom. The van der Waals surface area contributed by atoms with Crippen molar-refractivity contribution in [1.29, 1.82) is 0 Å². The lowest BCUT2D eigenvalue weighted by Gasteiger charge is -2.26. The van der Waals surface area contributed by atoms with E-state index in [0.29, 0.717) is 41.1 Å². The molecular formula is C29H27ClFN3O3. The molecule has 37 heavy (non-hydrogen) atoms. The van der Waals surface area contributed by atoms with Gasteiger partial charge in [0.2, 0.25) is 5.88 Å². The third-order valence-electron chi connectivity index (χ3n) is 6.37. The molecule has 2 heterocycles. The molecule has 1 aliphatic rings. The van der Waals surface area contributed by atoms with Crippen molar-refractivity contribution in [3.05, 3.63) is 107 Å². The normalized spacial score (nSPS) is 15.1. The Kier molecular flexibility index (Phi) is 7.53. The Hall–Kier alpha value is -3.68. The standard InChI is InChI=1S/C29H27ClFN3O3/c1-20-24(19-33(18-22-12-9-17-36-22)28(35)23-13-5-7-15-26(23)31)29(37-27-16-8-6-14-25(27)30)34(32-20)21-10-3-2-4-11-21/h2-8,10-11,13-16,22H,9,12,17-19H2,1H3/t22-/m0/s1. The van der Waals surface area contributed by atoms with Crippen molar-refractivity contribution in [3.8, 4) is 17.3 Å². The molecule has 0 aliphatic carbocycles. The van der Waals surface area contributed by atoms with E-state index in [0.717, 1.165) is 18.5 Å². The van der Waals surface area contributed by atoms with Gasteiger partial charge in [0.25, 0.3) is 5.91 Å². The van der Waals surface area contributed by atoms with E-state index in [9.17, 15) is 9.18 Å². The van der Waals surface area contributed by atoms with Gasteiger partial charge in [-0.2, -0.15) is 5.10 Å². The van der Waals surface area contributed by atoms with Gasteiger partial charge in [-0.15, -0.1) is 0 Å². The fourth-order valence-electron chi connectivity index (χ4n) is 4.45. The van der Waals surface area contributed by atoms with E-state index in [1.807, 2.05) is 49.4 Å². The second-order valence-corrected chi connectivity index (χ2v) is 9.36. The SMILES string of the molecule is Cc1nn(-c2ccccc2)c(Oc2ccccc2Cl)c1CN(C[C@@H]1CCCO1)C(=O)c1ccccc1F. The number of nitrogens with zero attached hydrogens (tertiary/aromatic N) is 3. The van der Waals surface area contributed by atoms with Gasteiger partial charge in [0, 0.05) is 13.2 Å². The summed E-state index contributed by atoms with van der Waals surface area (Å²) in [5.41, 5.74) is 2.20. The molecule has 1 saturated heterocycles. The summed E-state index contributed by atoms with van der Waals surface area (Å²) in [6.45, 7) is 3.00. The van der Waals surface area contributed by atoms with Crippen LogP contribution in [0.4, 0.5) is 4.39 Å². The Labute approximate surface area is 220 Å². The van der Waals surface area contributed by atoms with Crippen molar-refractivity contribution >= 4 is 17.5 Å². The van der Waals surface area contributed by atoms with Gasteiger partial charge in [-0.1, -0.05) is 54.1 Å². The molecule has 5 rings (SSSR count). The minimum Gasteiger partial charge on any atom is -0.437 e. The summed E-state index contributed by atoms with van der Waals surface area (Å²) >= 11 is 6.42. The van der Waals surface area contributed by atoms with Crippen LogP contribution in [0.25, 0.3) is 5.69 Å². The topological polar surface area (TPSA) is 56.6 Å². The average Bonchev–Trinajstić information content (AvgIpc) is 3.53. The third kappa shape index (κ3) is 5.53. The molecule has 0 spiro atoms. The molecule has 3 aromatic carbocycles. The van der Waals surface area contributed by atoms with Gasteiger partial charge in [0.1, 0.15) is 11.6 Å². The van der Waals surface area contributed by atoms with E-state index in [-0.39, 0.29) is 18.2 Å². The van der Waals surface area contributed by atoms with Crippen LogP contribution < -0.4 is 4.74 Å². The lowest BCUT2D eigenvalue weighted by Crippen LogP contribution is -2.37. The monoisotopic (exact) mass is 519 g/mol. The van der Waals surface area contributed by atoms with Crippen LogP contribution in [0.2, 0.25) is 5.02 Å². The first kappa shape index (κ1) is 25.0. The molecule has 6 nitrogen and oxygen atoms in total. The highest BCUT2D eigenvalue weighted by atomic mass is 35.5. The van der Waals surface area contributed by atoms with Crippen LogP contribution in [0, 0.1) is 12.7 Å². The van der Waals surface area contributed by atoms with Crippen molar-refractivity contribution < 1.29 is 18.7 Å². The molecule has 0 bridgehead atoms. The largest absolute Gasteiger partial charge is 0.437 e. The number of hydrogen-bond acceptors (Lipinski definition) is 4. The van der Waals surface area contributed by atoms with Crippen LogP contribution in [0.3, 0.4) is 0 Å². The van der Waals surface area contributed by atoms with Crippen molar-refractivity contribution in [3.63, 3.8) is 0 Å². The van der Waals surface area contributed by atoms with Crippen molar-refractivity contribution in [2.45, 2.75) is 32.4 Å². The highest BCUT2D eigenvalue weighted by Crippen LogP contribution is 2.35. The van der Waals surface area contributed by atoms with Gasteiger partial charge >= 0.3 is 0 Å². The van der Waals surface area contributed by atoms with E-state index in [2.05, 4.69) is 0 Å². The van der Waals surface area contributed by atoms with E-state index in [1.54, 1.807) is 33.8 Å². The van der Waals surface area contributed by atoms with Gasteiger partial charge in [0.15, 0.2) is 0 Å². The molecule has 0 saturated carbocycles. The second kappa shape index (κ2) is 11.2. The van der Waals surface area contributed by atoms with E-state index >= 15 is 0 Å². The number of carbonyl (C=O) groups excluding carboxylic acids is 1. The number of amides is 1. The summed E-state index contributed by atoms with van der Waals surface area (Å²) in [5, 5.41) is 5.20. The van der Waals surface area contributed by atoms with E-state index in [4.69, 9.17) is 26.2 Å². The summed E-state index contributed by atoms with van der Waals surface area (Å²) in [4.78, 5) is 15.2. The quantitative estimate of drug-likeness (QED) is 0.263. The molecule has 190 valence electrons. The van der Waals surface area contributed by atoms with Crippen molar-refractivity contribution in [2.75, 3.05) is 13.2 Å². The maximum Gasteiger partial charge on any atom is 0.257 e. The summed E-state index contributed by atoms with van der Waals surface area (Å²) in [5.74, 6) is -0.0673. The van der Waals surface area contributed by atoms with Crippen molar-refractivity contribution in [2.24, 2.45) is 0 Å². The molecule has 0 N–H and O–H groups in total. The first-order valence-electron chi connectivity index (χ1n) is 12.2. The predicted octanol–water partition coefficient (Wildman–Crippen LogP) is 6.59. The summed E-state index contributed by atoms with van der Waals surface area (Å²) in [6, 6.07) is 22.8. The number of rotatable bonds is 8. The second-order valence-electron chi connectivity index (χ2n) is 8.95. The molecule has 1 aromatic heterocycles. The molecular weight excluding hydrogens is 493 g/mol. The predicted molar refractivity (Wildman–Crippen MR) is 140 cm³/mol. The first-order chi connectivity index (χ1) is 18.0. The van der Waals surface area contributed by atoms with Crippen LogP contribution in [-0.2, 0) is 11.3 Å². The van der Waals surface area contributed by atoms with Gasteiger partial charge < -0.3 is 14.4 Å². The molecule has 1 amide bonds. The van der Waals surface area contributed by atoms with Crippen LogP contribution in [0.5, 0.6) is 11.6 Å². The average molecular weight is 520 g/mol. The number of benzene rings is 3. The van der Waals surface area contributed by atoms with Gasteiger partial charge in [-0.3, -0.25) is 4.79 Å². The van der Waals surface area contributed by atoms with Gasteiger partial charge in [-0.05, 0) is 56.2 Å². The third-order valence-corrected chi connectivity index (χ3v) is 6.68. The molecule has 0 radical (unpaired) electrons. The van der Waals surface area contributed by atoms with Gasteiger partial charge in [-0.25, -0.2) is 9.07 Å². The Balaban J connectivity index is 1.57. The van der Waals surface area contributed by atoms with E-state index < -0.39 is 11.7 Å².